The van der Waals surface area contributed by atoms with Gasteiger partial charge in [0.1, 0.15) is 0 Å². The highest BCUT2D eigenvalue weighted by molar-refractivity contribution is 5.90. The number of aliphatic carboxylic acids is 1. The molecule has 0 spiro atoms. The van der Waals surface area contributed by atoms with Crippen LogP contribution in [0.1, 0.15) is 31.2 Å². The van der Waals surface area contributed by atoms with E-state index in [1.165, 1.54) is 31.5 Å². The van der Waals surface area contributed by atoms with Crippen LogP contribution in [0.15, 0.2) is 24.4 Å². The van der Waals surface area contributed by atoms with Gasteiger partial charge in [0.15, 0.2) is 5.75 Å². The van der Waals surface area contributed by atoms with Gasteiger partial charge in [-0.05, 0) is 44.0 Å². The number of nitrogens with one attached hydrogen (secondary N) is 1. The molecule has 0 saturated carbocycles. The van der Waals surface area contributed by atoms with Gasteiger partial charge in [0.05, 0.1) is 18.4 Å². The number of rotatable bonds is 7. The van der Waals surface area contributed by atoms with Crippen molar-refractivity contribution in [2.45, 2.75) is 32.1 Å². The summed E-state index contributed by atoms with van der Waals surface area (Å²) in [4.78, 5) is 28.0. The lowest BCUT2D eigenvalue weighted by atomic mass is 10.1. The van der Waals surface area contributed by atoms with Gasteiger partial charge in [-0.1, -0.05) is 12.1 Å². The van der Waals surface area contributed by atoms with Gasteiger partial charge in [0.25, 0.3) is 0 Å². The Morgan fingerprint density at radius 3 is 2.75 bits per heavy atom. The van der Waals surface area contributed by atoms with E-state index in [0.717, 1.165) is 23.9 Å². The molecule has 2 heterocycles. The molecule has 0 radical (unpaired) electrons. The zero-order valence-electron chi connectivity index (χ0n) is 13.6. The van der Waals surface area contributed by atoms with Crippen LogP contribution in [0, 0.1) is 0 Å². The van der Waals surface area contributed by atoms with E-state index in [1.807, 2.05) is 18.3 Å². The number of hydrogen-bond acceptors (Lipinski definition) is 4. The van der Waals surface area contributed by atoms with Gasteiger partial charge in [-0.25, -0.2) is 0 Å². The number of H-pyrrole nitrogens is 1. The first-order chi connectivity index (χ1) is 11.6. The molecular formula is C18H22N2O4. The number of nitrogens with zero attached hydrogens (tertiary/aromatic N) is 1. The van der Waals surface area contributed by atoms with Gasteiger partial charge >= 0.3 is 11.9 Å². The van der Waals surface area contributed by atoms with Crippen LogP contribution in [-0.4, -0.2) is 46.6 Å². The summed E-state index contributed by atoms with van der Waals surface area (Å²) in [6.07, 6.45) is 5.13. The van der Waals surface area contributed by atoms with Gasteiger partial charge in [-0.3, -0.25) is 9.59 Å². The van der Waals surface area contributed by atoms with Crippen LogP contribution in [0.3, 0.4) is 0 Å². The molecule has 1 aliphatic rings. The molecule has 1 fully saturated rings. The number of benzene rings is 1. The van der Waals surface area contributed by atoms with Crippen molar-refractivity contribution in [1.29, 1.82) is 0 Å². The molecule has 24 heavy (non-hydrogen) atoms. The molecule has 128 valence electrons. The lowest BCUT2D eigenvalue weighted by Crippen LogP contribution is -2.21. The molecular weight excluding hydrogens is 308 g/mol. The molecule has 3 rings (SSSR count). The average molecular weight is 330 g/mol. The Morgan fingerprint density at radius 2 is 2.00 bits per heavy atom. The molecule has 1 saturated heterocycles. The highest BCUT2D eigenvalue weighted by Crippen LogP contribution is 2.28. The third kappa shape index (κ3) is 3.94. The van der Waals surface area contributed by atoms with Crippen molar-refractivity contribution in [1.82, 2.24) is 9.88 Å². The van der Waals surface area contributed by atoms with Crippen molar-refractivity contribution in [3.8, 4) is 5.75 Å². The summed E-state index contributed by atoms with van der Waals surface area (Å²) in [7, 11) is 0. The lowest BCUT2D eigenvalue weighted by Gasteiger charge is -2.13. The predicted molar refractivity (Wildman–Crippen MR) is 90.2 cm³/mol. The Morgan fingerprint density at radius 1 is 1.21 bits per heavy atom. The maximum Gasteiger partial charge on any atom is 0.311 e. The standard InChI is InChI=1S/C18H22N2O4/c21-16(22)6-7-17(23)24-15-5-3-4-14-13(12-19-18(14)15)8-11-20-9-1-2-10-20/h3-5,12,19H,1-2,6-11H2,(H,21,22). The Labute approximate surface area is 140 Å². The number of ether oxygens (including phenoxy) is 1. The van der Waals surface area contributed by atoms with E-state index in [2.05, 4.69) is 9.88 Å². The van der Waals surface area contributed by atoms with Crippen molar-refractivity contribution in [2.24, 2.45) is 0 Å². The van der Waals surface area contributed by atoms with Gasteiger partial charge in [0, 0.05) is 18.1 Å². The molecule has 1 aliphatic heterocycles. The number of para-hydroxylation sites is 1. The van der Waals surface area contributed by atoms with Crippen molar-refractivity contribution in [3.05, 3.63) is 30.0 Å². The normalized spacial score (nSPS) is 15.0. The molecule has 0 bridgehead atoms. The quantitative estimate of drug-likeness (QED) is 0.602. The van der Waals surface area contributed by atoms with Crippen LogP contribution in [0.5, 0.6) is 5.75 Å². The fourth-order valence-corrected chi connectivity index (χ4v) is 3.14. The van der Waals surface area contributed by atoms with E-state index in [1.54, 1.807) is 6.07 Å². The van der Waals surface area contributed by atoms with Crippen LogP contribution in [0.2, 0.25) is 0 Å². The molecule has 0 unspecified atom stereocenters. The highest BCUT2D eigenvalue weighted by Gasteiger charge is 2.15. The number of esters is 1. The van der Waals surface area contributed by atoms with E-state index in [-0.39, 0.29) is 12.8 Å². The number of carboxylic acid groups (broad SMARTS) is 1. The largest absolute Gasteiger partial charge is 0.481 e. The summed E-state index contributed by atoms with van der Waals surface area (Å²) in [6.45, 7) is 3.39. The smallest absolute Gasteiger partial charge is 0.311 e. The summed E-state index contributed by atoms with van der Waals surface area (Å²) >= 11 is 0. The van der Waals surface area contributed by atoms with Gasteiger partial charge in [-0.15, -0.1) is 0 Å². The van der Waals surface area contributed by atoms with Crippen LogP contribution < -0.4 is 4.74 Å². The summed E-state index contributed by atoms with van der Waals surface area (Å²) < 4.78 is 5.33. The minimum Gasteiger partial charge on any atom is -0.481 e. The third-order valence-corrected chi connectivity index (χ3v) is 4.43. The Balaban J connectivity index is 1.68. The second kappa shape index (κ2) is 7.49. The van der Waals surface area contributed by atoms with Gasteiger partial charge in [0.2, 0.25) is 0 Å². The van der Waals surface area contributed by atoms with E-state index in [9.17, 15) is 9.59 Å². The second-order valence-electron chi connectivity index (χ2n) is 6.16. The van der Waals surface area contributed by atoms with Crippen molar-refractivity contribution >= 4 is 22.8 Å². The number of likely N-dealkylation sites (tertiary alicyclic amines) is 1. The van der Waals surface area contributed by atoms with Crippen molar-refractivity contribution in [3.63, 3.8) is 0 Å². The molecule has 1 aromatic heterocycles. The third-order valence-electron chi connectivity index (χ3n) is 4.43. The number of aromatic amines is 1. The highest BCUT2D eigenvalue weighted by atomic mass is 16.5. The fraction of sp³-hybridized carbons (Fsp3) is 0.444. The van der Waals surface area contributed by atoms with Crippen molar-refractivity contribution < 1.29 is 19.4 Å². The summed E-state index contributed by atoms with van der Waals surface area (Å²) in [5, 5.41) is 9.69. The molecule has 1 aromatic carbocycles. The first kappa shape index (κ1) is 16.5. The number of fused-ring (bicyclic) bond motifs is 1. The topological polar surface area (TPSA) is 82.6 Å². The number of carbonyl (C=O) groups is 2. The summed E-state index contributed by atoms with van der Waals surface area (Å²) in [6, 6.07) is 5.59. The average Bonchev–Trinajstić information content (AvgIpc) is 3.21. The molecule has 0 atom stereocenters. The molecule has 2 aromatic rings. The maximum atomic E-state index is 11.8. The Kier molecular flexibility index (Phi) is 5.15. The number of aromatic nitrogens is 1. The minimum absolute atomic E-state index is 0.131. The van der Waals surface area contributed by atoms with Gasteiger partial charge < -0.3 is 19.7 Å². The molecule has 6 nitrogen and oxygen atoms in total. The van der Waals surface area contributed by atoms with Crippen LogP contribution in [0.25, 0.3) is 10.9 Å². The zero-order valence-corrected chi connectivity index (χ0v) is 13.6. The van der Waals surface area contributed by atoms with Gasteiger partial charge in [-0.2, -0.15) is 0 Å². The molecule has 6 heteroatoms. The molecule has 2 N–H and O–H groups in total. The van der Waals surface area contributed by atoms with Crippen molar-refractivity contribution in [2.75, 3.05) is 19.6 Å². The number of hydrogen-bond donors (Lipinski definition) is 2. The van der Waals surface area contributed by atoms with Crippen LogP contribution in [-0.2, 0) is 16.0 Å². The summed E-state index contributed by atoms with van der Waals surface area (Å²) in [5.74, 6) is -1.08. The second-order valence-corrected chi connectivity index (χ2v) is 6.16. The Bertz CT molecular complexity index is 732. The monoisotopic (exact) mass is 330 g/mol. The van der Waals surface area contributed by atoms with E-state index >= 15 is 0 Å². The first-order valence-electron chi connectivity index (χ1n) is 8.37. The Hall–Kier alpha value is -2.34. The summed E-state index contributed by atoms with van der Waals surface area (Å²) in [5.41, 5.74) is 2.00. The van der Waals surface area contributed by atoms with E-state index in [0.29, 0.717) is 5.75 Å². The lowest BCUT2D eigenvalue weighted by molar-refractivity contribution is -0.142. The SMILES string of the molecule is O=C(O)CCC(=O)Oc1cccc2c(CCN3CCCC3)c[nH]c12. The van der Waals surface area contributed by atoms with E-state index < -0.39 is 11.9 Å². The number of carbonyl (C=O) groups excluding carboxylic acids is 1. The maximum absolute atomic E-state index is 11.8. The van der Waals surface area contributed by atoms with Crippen LogP contribution >= 0.6 is 0 Å². The van der Waals surface area contributed by atoms with E-state index in [4.69, 9.17) is 9.84 Å². The molecule has 0 aliphatic carbocycles. The fourth-order valence-electron chi connectivity index (χ4n) is 3.14. The zero-order chi connectivity index (χ0) is 16.9. The van der Waals surface area contributed by atoms with Crippen LogP contribution in [0.4, 0.5) is 0 Å². The predicted octanol–water partition coefficient (Wildman–Crippen LogP) is 2.58. The number of carboxylic acids is 1. The minimum atomic E-state index is -1.01. The first-order valence-corrected chi connectivity index (χ1v) is 8.37. The molecule has 0 amide bonds.